The van der Waals surface area contributed by atoms with Crippen molar-refractivity contribution in [3.63, 3.8) is 0 Å². The summed E-state index contributed by atoms with van der Waals surface area (Å²) in [4.78, 5) is 11.4. The molecule has 0 spiro atoms. The molecule has 4 nitrogen and oxygen atoms in total. The Labute approximate surface area is 118 Å². The molecule has 0 unspecified atom stereocenters. The Bertz CT molecular complexity index is 392. The summed E-state index contributed by atoms with van der Waals surface area (Å²) in [5.41, 5.74) is 2.43. The average Bonchev–Trinajstić information content (AvgIpc) is 2.28. The van der Waals surface area contributed by atoms with E-state index in [-0.39, 0.29) is 17.0 Å². The van der Waals surface area contributed by atoms with Gasteiger partial charge in [0.1, 0.15) is 5.75 Å². The number of halogens is 1. The third-order valence-electron chi connectivity index (χ3n) is 2.77. The van der Waals surface area contributed by atoms with Crippen LogP contribution in [0, 0.1) is 0 Å². The minimum absolute atomic E-state index is 0. The molecule has 0 bridgehead atoms. The highest BCUT2D eigenvalue weighted by Gasteiger charge is 2.16. The number of nitrogens with zero attached hydrogens (tertiary/aromatic N) is 1. The van der Waals surface area contributed by atoms with Gasteiger partial charge in [-0.3, -0.25) is 9.69 Å². The summed E-state index contributed by atoms with van der Waals surface area (Å²) in [5, 5.41) is 17.0. The average molecular weight is 318 g/mol. The van der Waals surface area contributed by atoms with E-state index >= 15 is 0 Å². The van der Waals surface area contributed by atoms with Crippen molar-refractivity contribution in [1.82, 2.24) is 4.90 Å². The number of aliphatic carboxylic acids is 1. The number of likely N-dealkylation sites (N-methyl/N-ethyl adjacent to an activating group) is 1. The standard InChI is InChI=1S/C11H15NO.C2H4O2.BrH/c1-2-12-7-6-10-9(8-12)4-3-5-11(10)13;1-2(3)4;/h3-5,13H,2,6-8H2,1H3;1H3,(H,3,4);1H. The minimum Gasteiger partial charge on any atom is -0.508 e. The summed E-state index contributed by atoms with van der Waals surface area (Å²) in [6.45, 7) is 6.41. The molecule has 102 valence electrons. The molecule has 0 aliphatic carbocycles. The number of phenolic OH excluding ortho intramolecular Hbond substituents is 1. The molecule has 1 aliphatic rings. The Balaban J connectivity index is 0.000000512. The zero-order chi connectivity index (χ0) is 12.8. The predicted molar refractivity (Wildman–Crippen MR) is 76.4 cm³/mol. The Kier molecular flexibility index (Phi) is 7.62. The van der Waals surface area contributed by atoms with Crippen LogP contribution in [-0.4, -0.2) is 34.2 Å². The maximum Gasteiger partial charge on any atom is 0.300 e. The fourth-order valence-corrected chi connectivity index (χ4v) is 1.92. The van der Waals surface area contributed by atoms with Gasteiger partial charge in [-0.05, 0) is 30.2 Å². The zero-order valence-electron chi connectivity index (χ0n) is 10.7. The maximum atomic E-state index is 9.60. The summed E-state index contributed by atoms with van der Waals surface area (Å²) < 4.78 is 0. The van der Waals surface area contributed by atoms with E-state index < -0.39 is 5.97 Å². The second-order valence-electron chi connectivity index (χ2n) is 4.05. The van der Waals surface area contributed by atoms with E-state index in [9.17, 15) is 5.11 Å². The lowest BCUT2D eigenvalue weighted by Crippen LogP contribution is -2.30. The van der Waals surface area contributed by atoms with Crippen LogP contribution >= 0.6 is 17.0 Å². The van der Waals surface area contributed by atoms with Gasteiger partial charge in [0.25, 0.3) is 5.97 Å². The lowest BCUT2D eigenvalue weighted by atomic mass is 9.99. The number of carbonyl (C=O) groups is 1. The van der Waals surface area contributed by atoms with Crippen LogP contribution in [-0.2, 0) is 17.8 Å². The van der Waals surface area contributed by atoms with Crippen LogP contribution in [0.25, 0.3) is 0 Å². The molecule has 0 amide bonds. The minimum atomic E-state index is -0.833. The fourth-order valence-electron chi connectivity index (χ4n) is 1.92. The Morgan fingerprint density at radius 1 is 1.44 bits per heavy atom. The molecule has 0 saturated heterocycles. The summed E-state index contributed by atoms with van der Waals surface area (Å²) in [6, 6.07) is 5.81. The van der Waals surface area contributed by atoms with Gasteiger partial charge in [0.05, 0.1) is 0 Å². The number of benzene rings is 1. The maximum absolute atomic E-state index is 9.60. The Morgan fingerprint density at radius 2 is 2.06 bits per heavy atom. The topological polar surface area (TPSA) is 60.8 Å². The number of fused-ring (bicyclic) bond motifs is 1. The number of hydrogen-bond donors (Lipinski definition) is 2. The molecule has 2 N–H and O–H groups in total. The van der Waals surface area contributed by atoms with Crippen LogP contribution in [0.5, 0.6) is 5.75 Å². The molecule has 0 fully saturated rings. The number of carboxylic acid groups (broad SMARTS) is 1. The van der Waals surface area contributed by atoms with E-state index in [4.69, 9.17) is 9.90 Å². The molecule has 1 aromatic rings. The summed E-state index contributed by atoms with van der Waals surface area (Å²) >= 11 is 0. The third-order valence-corrected chi connectivity index (χ3v) is 2.77. The van der Waals surface area contributed by atoms with Gasteiger partial charge < -0.3 is 10.2 Å². The molecule has 5 heteroatoms. The zero-order valence-corrected chi connectivity index (χ0v) is 12.4. The van der Waals surface area contributed by atoms with Crippen molar-refractivity contribution in [2.75, 3.05) is 13.1 Å². The Morgan fingerprint density at radius 3 is 2.61 bits per heavy atom. The molecule has 0 saturated carbocycles. The van der Waals surface area contributed by atoms with Crippen molar-refractivity contribution in [3.8, 4) is 5.75 Å². The molecular weight excluding hydrogens is 298 g/mol. The van der Waals surface area contributed by atoms with Gasteiger partial charge in [-0.15, -0.1) is 17.0 Å². The van der Waals surface area contributed by atoms with Crippen LogP contribution < -0.4 is 0 Å². The summed E-state index contributed by atoms with van der Waals surface area (Å²) in [6.07, 6.45) is 0.982. The normalized spacial score (nSPS) is 13.7. The van der Waals surface area contributed by atoms with Crippen LogP contribution in [0.4, 0.5) is 0 Å². The van der Waals surface area contributed by atoms with Crippen molar-refractivity contribution < 1.29 is 15.0 Å². The van der Waals surface area contributed by atoms with Crippen molar-refractivity contribution in [1.29, 1.82) is 0 Å². The van der Waals surface area contributed by atoms with Crippen molar-refractivity contribution >= 4 is 23.0 Å². The molecule has 0 aromatic heterocycles. The first kappa shape index (κ1) is 16.9. The van der Waals surface area contributed by atoms with Crippen molar-refractivity contribution in [2.24, 2.45) is 0 Å². The van der Waals surface area contributed by atoms with Gasteiger partial charge in [-0.25, -0.2) is 0 Å². The first-order chi connectivity index (χ1) is 8.04. The van der Waals surface area contributed by atoms with Gasteiger partial charge in [0.15, 0.2) is 0 Å². The SMILES string of the molecule is Br.CC(=O)O.CCN1CCc2c(O)cccc2C1. The lowest BCUT2D eigenvalue weighted by molar-refractivity contribution is -0.134. The van der Waals surface area contributed by atoms with Crippen LogP contribution in [0.3, 0.4) is 0 Å². The van der Waals surface area contributed by atoms with E-state index in [1.165, 1.54) is 5.56 Å². The number of hydrogen-bond acceptors (Lipinski definition) is 3. The van der Waals surface area contributed by atoms with E-state index in [1.54, 1.807) is 6.07 Å². The molecule has 1 heterocycles. The molecule has 1 aromatic carbocycles. The lowest BCUT2D eigenvalue weighted by Gasteiger charge is -2.27. The summed E-state index contributed by atoms with van der Waals surface area (Å²) in [7, 11) is 0. The van der Waals surface area contributed by atoms with Crippen LogP contribution in [0.1, 0.15) is 25.0 Å². The van der Waals surface area contributed by atoms with E-state index in [2.05, 4.69) is 17.9 Å². The number of phenols is 1. The second kappa shape index (κ2) is 8.11. The second-order valence-corrected chi connectivity index (χ2v) is 4.05. The van der Waals surface area contributed by atoms with Crippen molar-refractivity contribution in [2.45, 2.75) is 26.8 Å². The third kappa shape index (κ3) is 5.06. The molecular formula is C13H20BrNO3. The van der Waals surface area contributed by atoms with Gasteiger partial charge in [0.2, 0.25) is 0 Å². The Hall–Kier alpha value is -1.07. The summed E-state index contributed by atoms with van der Waals surface area (Å²) in [5.74, 6) is -0.367. The molecule has 0 radical (unpaired) electrons. The molecule has 0 atom stereocenters. The van der Waals surface area contributed by atoms with Crippen molar-refractivity contribution in [3.05, 3.63) is 29.3 Å². The first-order valence-corrected chi connectivity index (χ1v) is 5.76. The smallest absolute Gasteiger partial charge is 0.300 e. The van der Waals surface area contributed by atoms with Gasteiger partial charge in [0, 0.05) is 20.0 Å². The van der Waals surface area contributed by atoms with E-state index in [0.29, 0.717) is 5.75 Å². The van der Waals surface area contributed by atoms with Crippen LogP contribution in [0.2, 0.25) is 0 Å². The largest absolute Gasteiger partial charge is 0.508 e. The quantitative estimate of drug-likeness (QED) is 0.835. The van der Waals surface area contributed by atoms with Crippen LogP contribution in [0.15, 0.2) is 18.2 Å². The van der Waals surface area contributed by atoms with Gasteiger partial charge in [-0.2, -0.15) is 0 Å². The van der Waals surface area contributed by atoms with E-state index in [1.807, 2.05) is 6.07 Å². The monoisotopic (exact) mass is 317 g/mol. The van der Waals surface area contributed by atoms with Gasteiger partial charge in [-0.1, -0.05) is 19.1 Å². The molecule has 1 aliphatic heterocycles. The highest BCUT2D eigenvalue weighted by atomic mass is 79.9. The fraction of sp³-hybridized carbons (Fsp3) is 0.462. The highest BCUT2D eigenvalue weighted by molar-refractivity contribution is 8.93. The molecule has 2 rings (SSSR count). The number of rotatable bonds is 1. The number of aromatic hydroxyl groups is 1. The predicted octanol–water partition coefficient (Wildman–Crippen LogP) is 2.44. The van der Waals surface area contributed by atoms with E-state index in [0.717, 1.165) is 38.5 Å². The molecule has 18 heavy (non-hydrogen) atoms. The number of carboxylic acids is 1. The van der Waals surface area contributed by atoms with Gasteiger partial charge >= 0.3 is 0 Å². The highest BCUT2D eigenvalue weighted by Crippen LogP contribution is 2.26. The first-order valence-electron chi connectivity index (χ1n) is 5.76.